The first-order chi connectivity index (χ1) is 10.4. The van der Waals surface area contributed by atoms with Gasteiger partial charge in [0.05, 0.1) is 0 Å². The van der Waals surface area contributed by atoms with Crippen LogP contribution in [0.15, 0.2) is 12.2 Å². The van der Waals surface area contributed by atoms with Gasteiger partial charge in [0.25, 0.3) is 0 Å². The monoisotopic (exact) mass is 280 g/mol. The number of aliphatic hydroxyl groups excluding tert-OH is 1. The molecule has 0 spiro atoms. The Morgan fingerprint density at radius 1 is 0.762 bits per heavy atom. The van der Waals surface area contributed by atoms with Crippen molar-refractivity contribution in [3.05, 3.63) is 12.2 Å². The van der Waals surface area contributed by atoms with E-state index in [0.29, 0.717) is 0 Å². The minimum atomic E-state index is -0.0360. The molecule has 0 atom stereocenters. The summed E-state index contributed by atoms with van der Waals surface area (Å²) in [6.07, 6.45) is 18.1. The fraction of sp³-hybridized carbons (Fsp3) is 0.500. The molecule has 0 aromatic heterocycles. The highest BCUT2D eigenvalue weighted by Gasteiger charge is 1.85. The molecule has 0 radical (unpaired) electrons. The Kier molecular flexibility index (Phi) is 16.2. The third-order valence-electron chi connectivity index (χ3n) is 2.68. The summed E-state index contributed by atoms with van der Waals surface area (Å²) in [6.45, 7) is -0.0360. The van der Waals surface area contributed by atoms with E-state index in [1.165, 1.54) is 0 Å². The maximum absolute atomic E-state index is 8.48. The smallest absolute Gasteiger partial charge is 0.104 e. The largest absolute Gasteiger partial charge is 0.384 e. The van der Waals surface area contributed by atoms with E-state index in [2.05, 4.69) is 41.4 Å². The number of hydrogen-bond donors (Lipinski definition) is 1. The Hall–Kier alpha value is -2.06. The Morgan fingerprint density at radius 3 is 2.00 bits per heavy atom. The second-order valence-electron chi connectivity index (χ2n) is 4.49. The summed E-state index contributed by atoms with van der Waals surface area (Å²) in [6, 6.07) is 0. The Bertz CT molecular complexity index is 486. The number of aliphatic hydroxyl groups is 1. The molecular formula is C20H24O. The Morgan fingerprint density at radius 2 is 1.38 bits per heavy atom. The Balaban J connectivity index is 3.39. The van der Waals surface area contributed by atoms with E-state index >= 15 is 0 Å². The highest BCUT2D eigenvalue weighted by Crippen LogP contribution is 2.01. The molecule has 21 heavy (non-hydrogen) atoms. The van der Waals surface area contributed by atoms with Crippen molar-refractivity contribution in [1.82, 2.24) is 0 Å². The zero-order valence-corrected chi connectivity index (χ0v) is 12.8. The van der Waals surface area contributed by atoms with Gasteiger partial charge < -0.3 is 5.11 Å². The van der Waals surface area contributed by atoms with Crippen molar-refractivity contribution in [1.29, 1.82) is 0 Å². The summed E-state index contributed by atoms with van der Waals surface area (Å²) in [5, 5.41) is 8.48. The summed E-state index contributed by atoms with van der Waals surface area (Å²) in [7, 11) is 0. The molecule has 1 heteroatoms. The minimum absolute atomic E-state index is 0.0360. The molecule has 1 N–H and O–H groups in total. The number of allylic oxidation sites excluding steroid dienone is 2. The van der Waals surface area contributed by atoms with E-state index in [9.17, 15) is 0 Å². The summed E-state index contributed by atoms with van der Waals surface area (Å²) in [5.74, 6) is 20.0. The summed E-state index contributed by atoms with van der Waals surface area (Å²) < 4.78 is 0. The van der Waals surface area contributed by atoms with Gasteiger partial charge in [-0.1, -0.05) is 36.2 Å². The molecule has 0 aromatic rings. The van der Waals surface area contributed by atoms with Crippen molar-refractivity contribution >= 4 is 0 Å². The molecule has 0 heterocycles. The van der Waals surface area contributed by atoms with Crippen molar-refractivity contribution in [2.45, 2.75) is 57.8 Å². The lowest BCUT2D eigenvalue weighted by Gasteiger charge is -1.91. The quantitative estimate of drug-likeness (QED) is 0.531. The van der Waals surface area contributed by atoms with Gasteiger partial charge in [0.15, 0.2) is 0 Å². The molecule has 0 aliphatic rings. The van der Waals surface area contributed by atoms with Gasteiger partial charge in [0.2, 0.25) is 0 Å². The van der Waals surface area contributed by atoms with Crippen LogP contribution in [0.4, 0.5) is 0 Å². The zero-order chi connectivity index (χ0) is 15.4. The van der Waals surface area contributed by atoms with Crippen LogP contribution in [-0.4, -0.2) is 11.7 Å². The molecule has 0 aliphatic heterocycles. The van der Waals surface area contributed by atoms with Crippen LogP contribution in [-0.2, 0) is 0 Å². The number of hydrogen-bond acceptors (Lipinski definition) is 1. The molecule has 0 aliphatic carbocycles. The van der Waals surface area contributed by atoms with E-state index in [-0.39, 0.29) is 6.61 Å². The molecule has 1 nitrogen and oxygen atoms in total. The van der Waals surface area contributed by atoms with E-state index in [1.54, 1.807) is 6.08 Å². The highest BCUT2D eigenvalue weighted by molar-refractivity contribution is 5.25. The van der Waals surface area contributed by atoms with E-state index in [4.69, 9.17) is 11.5 Å². The van der Waals surface area contributed by atoms with Gasteiger partial charge >= 0.3 is 0 Å². The molecular weight excluding hydrogens is 256 g/mol. The van der Waals surface area contributed by atoms with Gasteiger partial charge in [-0.15, -0.1) is 12.3 Å². The summed E-state index contributed by atoms with van der Waals surface area (Å²) >= 11 is 0. The average Bonchev–Trinajstić information content (AvgIpc) is 2.50. The van der Waals surface area contributed by atoms with Crippen molar-refractivity contribution in [3.63, 3.8) is 0 Å². The van der Waals surface area contributed by atoms with Gasteiger partial charge in [-0.3, -0.25) is 0 Å². The third-order valence-corrected chi connectivity index (χ3v) is 2.68. The van der Waals surface area contributed by atoms with E-state index in [0.717, 1.165) is 57.8 Å². The molecule has 0 saturated carbocycles. The lowest BCUT2D eigenvalue weighted by molar-refractivity contribution is 0.350. The first kappa shape index (κ1) is 18.9. The summed E-state index contributed by atoms with van der Waals surface area (Å²) in [4.78, 5) is 0. The van der Waals surface area contributed by atoms with Crippen LogP contribution in [0.2, 0.25) is 0 Å². The molecule has 0 aromatic carbocycles. The van der Waals surface area contributed by atoms with Gasteiger partial charge in [0, 0.05) is 19.3 Å². The number of rotatable bonds is 8. The summed E-state index contributed by atoms with van der Waals surface area (Å²) in [5.41, 5.74) is 0. The van der Waals surface area contributed by atoms with Crippen LogP contribution in [0.25, 0.3) is 0 Å². The lowest BCUT2D eigenvalue weighted by atomic mass is 10.1. The van der Waals surface area contributed by atoms with Gasteiger partial charge in [0.1, 0.15) is 6.61 Å². The van der Waals surface area contributed by atoms with E-state index < -0.39 is 0 Å². The van der Waals surface area contributed by atoms with Gasteiger partial charge in [-0.2, -0.15) is 0 Å². The fourth-order valence-corrected chi connectivity index (χ4v) is 1.59. The molecule has 0 fully saturated rings. The topological polar surface area (TPSA) is 20.2 Å². The van der Waals surface area contributed by atoms with Crippen molar-refractivity contribution in [3.8, 4) is 47.9 Å². The lowest BCUT2D eigenvalue weighted by Crippen LogP contribution is -1.77. The fourth-order valence-electron chi connectivity index (χ4n) is 1.59. The second-order valence-corrected chi connectivity index (χ2v) is 4.49. The standard InChI is InChI=1S/C20H24O/c1-2-3-4-5-6-7-8-9-10-11-12-13-14-15-16-17-18-19-20-21/h1,3-4,21H,5-8,13-17,20H2. The van der Waals surface area contributed by atoms with Gasteiger partial charge in [-0.05, 0) is 50.0 Å². The maximum Gasteiger partial charge on any atom is 0.104 e. The molecule has 0 amide bonds. The molecule has 110 valence electrons. The second kappa shape index (κ2) is 17.9. The first-order valence-corrected chi connectivity index (χ1v) is 7.55. The van der Waals surface area contributed by atoms with Crippen LogP contribution in [0.3, 0.4) is 0 Å². The van der Waals surface area contributed by atoms with Crippen molar-refractivity contribution < 1.29 is 5.11 Å². The SMILES string of the molecule is C#CC=CCCCCC#CC#CCCCCCC#CCO. The number of unbranched alkanes of at least 4 members (excludes halogenated alkanes) is 7. The third kappa shape index (κ3) is 17.9. The van der Waals surface area contributed by atoms with Crippen LogP contribution < -0.4 is 0 Å². The zero-order valence-electron chi connectivity index (χ0n) is 12.8. The minimum Gasteiger partial charge on any atom is -0.384 e. The normalized spacial score (nSPS) is 8.76. The number of terminal acetylenes is 1. The van der Waals surface area contributed by atoms with Crippen LogP contribution >= 0.6 is 0 Å². The molecule has 0 saturated heterocycles. The predicted octanol–water partition coefficient (Wildman–Crippen LogP) is 3.69. The highest BCUT2D eigenvalue weighted by atomic mass is 16.2. The molecule has 0 unspecified atom stereocenters. The average molecular weight is 280 g/mol. The maximum atomic E-state index is 8.48. The molecule has 0 rings (SSSR count). The van der Waals surface area contributed by atoms with Crippen LogP contribution in [0.5, 0.6) is 0 Å². The van der Waals surface area contributed by atoms with Gasteiger partial charge in [-0.25, -0.2) is 0 Å². The van der Waals surface area contributed by atoms with Crippen molar-refractivity contribution in [2.24, 2.45) is 0 Å². The van der Waals surface area contributed by atoms with Crippen molar-refractivity contribution in [2.75, 3.05) is 6.61 Å². The first-order valence-electron chi connectivity index (χ1n) is 7.55. The van der Waals surface area contributed by atoms with Crippen LogP contribution in [0.1, 0.15) is 57.8 Å². The van der Waals surface area contributed by atoms with E-state index in [1.807, 2.05) is 6.08 Å². The Labute approximate surface area is 130 Å². The molecule has 0 bridgehead atoms. The van der Waals surface area contributed by atoms with Crippen LogP contribution in [0, 0.1) is 47.9 Å². The predicted molar refractivity (Wildman–Crippen MR) is 89.9 cm³/mol.